The van der Waals surface area contributed by atoms with Crippen molar-refractivity contribution in [3.63, 3.8) is 0 Å². The van der Waals surface area contributed by atoms with Crippen LogP contribution in [-0.4, -0.2) is 10.9 Å². The highest BCUT2D eigenvalue weighted by Crippen LogP contribution is 2.28. The molecule has 0 saturated heterocycles. The Bertz CT molecular complexity index is 769. The molecule has 1 N–H and O–H groups in total. The first-order valence-corrected chi connectivity index (χ1v) is 6.68. The Morgan fingerprint density at radius 2 is 1.95 bits per heavy atom. The lowest BCUT2D eigenvalue weighted by Gasteiger charge is -2.09. The molecule has 1 aromatic carbocycles. The first kappa shape index (κ1) is 13.4. The number of halogens is 1. The first-order chi connectivity index (χ1) is 10.3. The van der Waals surface area contributed by atoms with Crippen LogP contribution in [0.1, 0.15) is 10.4 Å². The summed E-state index contributed by atoms with van der Waals surface area (Å²) in [5.41, 5.74) is 1.78. The van der Waals surface area contributed by atoms with E-state index in [1.807, 2.05) is 24.3 Å². The van der Waals surface area contributed by atoms with Crippen molar-refractivity contribution in [1.29, 1.82) is 0 Å². The molecule has 0 atom stereocenters. The number of hydrogen-bond donors (Lipinski definition) is 1. The normalized spacial score (nSPS) is 10.3. The van der Waals surface area contributed by atoms with Crippen molar-refractivity contribution < 1.29 is 9.21 Å². The molecule has 5 heteroatoms. The van der Waals surface area contributed by atoms with Crippen molar-refractivity contribution in [2.24, 2.45) is 0 Å². The standard InChI is InChI=1S/C16H11ClN2O2/c17-15-12(6-3-9-18-15)16(20)19-13-7-2-1-5-11(13)14-8-4-10-21-14/h1-10H,(H,19,20). The van der Waals surface area contributed by atoms with E-state index in [0.717, 1.165) is 5.56 Å². The van der Waals surface area contributed by atoms with Gasteiger partial charge in [-0.1, -0.05) is 23.7 Å². The zero-order valence-corrected chi connectivity index (χ0v) is 11.7. The lowest BCUT2D eigenvalue weighted by Crippen LogP contribution is -2.13. The number of nitrogens with one attached hydrogen (secondary N) is 1. The Labute approximate surface area is 126 Å². The highest BCUT2D eigenvalue weighted by molar-refractivity contribution is 6.33. The SMILES string of the molecule is O=C(Nc1ccccc1-c1ccco1)c1cccnc1Cl. The second-order valence-electron chi connectivity index (χ2n) is 4.32. The van der Waals surface area contributed by atoms with E-state index in [1.54, 1.807) is 30.5 Å². The molecule has 0 fully saturated rings. The summed E-state index contributed by atoms with van der Waals surface area (Å²) >= 11 is 5.93. The van der Waals surface area contributed by atoms with Gasteiger partial charge in [0.1, 0.15) is 10.9 Å². The number of aromatic nitrogens is 1. The van der Waals surface area contributed by atoms with Crippen LogP contribution < -0.4 is 5.32 Å². The minimum Gasteiger partial charge on any atom is -0.464 e. The summed E-state index contributed by atoms with van der Waals surface area (Å²) < 4.78 is 5.38. The van der Waals surface area contributed by atoms with Crippen molar-refractivity contribution in [2.75, 3.05) is 5.32 Å². The van der Waals surface area contributed by atoms with Gasteiger partial charge in [-0.05, 0) is 36.4 Å². The zero-order chi connectivity index (χ0) is 14.7. The van der Waals surface area contributed by atoms with Crippen LogP contribution in [0.2, 0.25) is 5.15 Å². The monoisotopic (exact) mass is 298 g/mol. The predicted molar refractivity (Wildman–Crippen MR) is 81.3 cm³/mol. The minimum atomic E-state index is -0.313. The number of para-hydroxylation sites is 1. The van der Waals surface area contributed by atoms with E-state index in [0.29, 0.717) is 17.0 Å². The Balaban J connectivity index is 1.93. The van der Waals surface area contributed by atoms with Gasteiger partial charge in [0.25, 0.3) is 5.91 Å². The van der Waals surface area contributed by atoms with Gasteiger partial charge in [-0.15, -0.1) is 0 Å². The van der Waals surface area contributed by atoms with E-state index >= 15 is 0 Å². The van der Waals surface area contributed by atoms with Crippen LogP contribution in [0, 0.1) is 0 Å². The van der Waals surface area contributed by atoms with Gasteiger partial charge in [0.15, 0.2) is 0 Å². The van der Waals surface area contributed by atoms with Gasteiger partial charge in [-0.25, -0.2) is 4.98 Å². The highest BCUT2D eigenvalue weighted by Gasteiger charge is 2.14. The summed E-state index contributed by atoms with van der Waals surface area (Å²) in [6.07, 6.45) is 3.13. The molecule has 104 valence electrons. The molecule has 21 heavy (non-hydrogen) atoms. The Hall–Kier alpha value is -2.59. The number of carbonyl (C=O) groups excluding carboxylic acids is 1. The number of hydrogen-bond acceptors (Lipinski definition) is 3. The van der Waals surface area contributed by atoms with Crippen molar-refractivity contribution in [3.8, 4) is 11.3 Å². The molecule has 0 saturated carbocycles. The number of furan rings is 1. The third-order valence-electron chi connectivity index (χ3n) is 2.97. The summed E-state index contributed by atoms with van der Waals surface area (Å²) in [6.45, 7) is 0. The summed E-state index contributed by atoms with van der Waals surface area (Å²) in [6, 6.07) is 14.3. The summed E-state index contributed by atoms with van der Waals surface area (Å²) in [4.78, 5) is 16.2. The van der Waals surface area contributed by atoms with Gasteiger partial charge in [0.2, 0.25) is 0 Å². The summed E-state index contributed by atoms with van der Waals surface area (Å²) in [5.74, 6) is 0.371. The molecule has 0 aliphatic heterocycles. The second kappa shape index (κ2) is 5.81. The number of rotatable bonds is 3. The molecule has 2 aromatic heterocycles. The molecule has 0 aliphatic carbocycles. The molecule has 4 nitrogen and oxygen atoms in total. The van der Waals surface area contributed by atoms with Crippen LogP contribution in [0.5, 0.6) is 0 Å². The van der Waals surface area contributed by atoms with Crippen LogP contribution in [-0.2, 0) is 0 Å². The molecular weight excluding hydrogens is 288 g/mol. The highest BCUT2D eigenvalue weighted by atomic mass is 35.5. The smallest absolute Gasteiger partial charge is 0.258 e. The number of pyridine rings is 1. The molecule has 2 heterocycles. The van der Waals surface area contributed by atoms with Crippen LogP contribution in [0.4, 0.5) is 5.69 Å². The van der Waals surface area contributed by atoms with Crippen LogP contribution in [0.15, 0.2) is 65.4 Å². The molecule has 1 amide bonds. The fourth-order valence-corrected chi connectivity index (χ4v) is 2.19. The van der Waals surface area contributed by atoms with Gasteiger partial charge in [-0.2, -0.15) is 0 Å². The molecular formula is C16H11ClN2O2. The van der Waals surface area contributed by atoms with E-state index in [9.17, 15) is 4.79 Å². The Morgan fingerprint density at radius 3 is 2.71 bits per heavy atom. The number of amides is 1. The number of nitrogens with zero attached hydrogens (tertiary/aromatic N) is 1. The van der Waals surface area contributed by atoms with Crippen molar-refractivity contribution >= 4 is 23.2 Å². The maximum Gasteiger partial charge on any atom is 0.258 e. The number of benzene rings is 1. The third kappa shape index (κ3) is 2.80. The van der Waals surface area contributed by atoms with Gasteiger partial charge in [0, 0.05) is 11.8 Å². The molecule has 3 aromatic rings. The second-order valence-corrected chi connectivity index (χ2v) is 4.68. The minimum absolute atomic E-state index is 0.172. The van der Waals surface area contributed by atoms with Crippen LogP contribution in [0.3, 0.4) is 0 Å². The molecule has 0 spiro atoms. The van der Waals surface area contributed by atoms with Crippen molar-refractivity contribution in [1.82, 2.24) is 4.98 Å². The van der Waals surface area contributed by atoms with E-state index in [1.165, 1.54) is 6.20 Å². The summed E-state index contributed by atoms with van der Waals surface area (Å²) in [5, 5.41) is 3.00. The number of anilines is 1. The Morgan fingerprint density at radius 1 is 1.10 bits per heavy atom. The van der Waals surface area contributed by atoms with Gasteiger partial charge < -0.3 is 9.73 Å². The van der Waals surface area contributed by atoms with Crippen LogP contribution in [0.25, 0.3) is 11.3 Å². The topological polar surface area (TPSA) is 55.1 Å². The van der Waals surface area contributed by atoms with Gasteiger partial charge in [0.05, 0.1) is 17.5 Å². The van der Waals surface area contributed by atoms with Crippen LogP contribution >= 0.6 is 11.6 Å². The quantitative estimate of drug-likeness (QED) is 0.736. The fraction of sp³-hybridized carbons (Fsp3) is 0. The third-order valence-corrected chi connectivity index (χ3v) is 3.27. The average molecular weight is 299 g/mol. The van der Waals surface area contributed by atoms with E-state index in [2.05, 4.69) is 10.3 Å². The maximum absolute atomic E-state index is 12.3. The fourth-order valence-electron chi connectivity index (χ4n) is 1.98. The van der Waals surface area contributed by atoms with Gasteiger partial charge in [-0.3, -0.25) is 4.79 Å². The van der Waals surface area contributed by atoms with Gasteiger partial charge >= 0.3 is 0 Å². The van der Waals surface area contributed by atoms with E-state index in [-0.39, 0.29) is 11.1 Å². The lowest BCUT2D eigenvalue weighted by molar-refractivity contribution is 0.102. The molecule has 0 aliphatic rings. The maximum atomic E-state index is 12.3. The molecule has 3 rings (SSSR count). The molecule has 0 unspecified atom stereocenters. The van der Waals surface area contributed by atoms with Crippen molar-refractivity contribution in [3.05, 3.63) is 71.7 Å². The Kier molecular flexibility index (Phi) is 3.71. The molecule has 0 bridgehead atoms. The summed E-state index contributed by atoms with van der Waals surface area (Å²) in [7, 11) is 0. The molecule has 0 radical (unpaired) electrons. The van der Waals surface area contributed by atoms with E-state index in [4.69, 9.17) is 16.0 Å². The van der Waals surface area contributed by atoms with E-state index < -0.39 is 0 Å². The largest absolute Gasteiger partial charge is 0.464 e. The lowest BCUT2D eigenvalue weighted by atomic mass is 10.1. The van der Waals surface area contributed by atoms with Crippen molar-refractivity contribution in [2.45, 2.75) is 0 Å². The zero-order valence-electron chi connectivity index (χ0n) is 10.9. The average Bonchev–Trinajstić information content (AvgIpc) is 3.02. The predicted octanol–water partition coefficient (Wildman–Crippen LogP) is 4.25. The first-order valence-electron chi connectivity index (χ1n) is 6.30. The number of carbonyl (C=O) groups is 1.